The lowest BCUT2D eigenvalue weighted by Gasteiger charge is -2.32. The number of aromatic nitrogens is 3. The molecular formula is C28H35FN6O4S. The number of benzene rings is 1. The van der Waals surface area contributed by atoms with Gasteiger partial charge in [0.25, 0.3) is 5.91 Å². The molecule has 1 aromatic carbocycles. The molecular weight excluding hydrogens is 535 g/mol. The predicted octanol–water partition coefficient (Wildman–Crippen LogP) is 3.62. The van der Waals surface area contributed by atoms with Crippen molar-refractivity contribution < 1.29 is 22.3 Å². The largest absolute Gasteiger partial charge is 0.492 e. The first kappa shape index (κ1) is 27.1. The summed E-state index contributed by atoms with van der Waals surface area (Å²) in [5, 5.41) is 5.61. The lowest BCUT2D eigenvalue weighted by atomic mass is 9.82. The molecule has 2 saturated carbocycles. The van der Waals surface area contributed by atoms with Gasteiger partial charge >= 0.3 is 10.2 Å². The minimum Gasteiger partial charge on any atom is -0.492 e. The van der Waals surface area contributed by atoms with E-state index in [2.05, 4.69) is 14.6 Å². The number of nitrogens with zero attached hydrogens (tertiary/aromatic N) is 5. The van der Waals surface area contributed by atoms with Crippen LogP contribution in [0.3, 0.4) is 0 Å². The zero-order valence-corrected chi connectivity index (χ0v) is 23.7. The third-order valence-corrected chi connectivity index (χ3v) is 9.72. The van der Waals surface area contributed by atoms with Gasteiger partial charge in [0.1, 0.15) is 17.3 Å². The fraction of sp³-hybridized carbons (Fsp3) is 0.536. The summed E-state index contributed by atoms with van der Waals surface area (Å²) in [4.78, 5) is 20.3. The monoisotopic (exact) mass is 570 g/mol. The van der Waals surface area contributed by atoms with Gasteiger partial charge in [-0.05, 0) is 81.8 Å². The van der Waals surface area contributed by atoms with Gasteiger partial charge < -0.3 is 9.64 Å². The average Bonchev–Trinajstić information content (AvgIpc) is 3.68. The lowest BCUT2D eigenvalue weighted by molar-refractivity contribution is 0.0974. The van der Waals surface area contributed by atoms with Gasteiger partial charge in [0.15, 0.2) is 5.65 Å². The number of carbonyl (C=O) groups is 1. The Morgan fingerprint density at radius 1 is 1.10 bits per heavy atom. The van der Waals surface area contributed by atoms with Crippen LogP contribution in [-0.2, 0) is 10.2 Å². The van der Waals surface area contributed by atoms with Crippen LogP contribution < -0.4 is 9.46 Å². The van der Waals surface area contributed by atoms with Gasteiger partial charge in [0.2, 0.25) is 0 Å². The molecule has 0 unspecified atom stereocenters. The van der Waals surface area contributed by atoms with Crippen molar-refractivity contribution in [1.82, 2.24) is 28.7 Å². The molecule has 10 nitrogen and oxygen atoms in total. The fourth-order valence-corrected chi connectivity index (χ4v) is 5.98. The number of pyridine rings is 1. The standard InChI is InChI=1S/C28H35FN6O4S/c1-33(2)40(37,38)32-28(36)23-16-24(39-17-18-12-14-34(15-13-18)21-10-11-21)25-26(19-4-3-5-19)31-35(27(25)30-23)22-8-6-20(29)7-9-22/h6-9,16,18-19,21H,3-5,10-15,17H2,1-2H3,(H,32,36). The smallest absolute Gasteiger partial charge is 0.303 e. The van der Waals surface area contributed by atoms with Gasteiger partial charge in [-0.2, -0.15) is 17.8 Å². The third kappa shape index (κ3) is 5.44. The number of fused-ring (bicyclic) bond motifs is 1. The van der Waals surface area contributed by atoms with Crippen LogP contribution in [0, 0.1) is 11.7 Å². The molecule has 0 bridgehead atoms. The summed E-state index contributed by atoms with van der Waals surface area (Å²) in [5.74, 6) is -0.168. The number of hydrogen-bond acceptors (Lipinski definition) is 7. The van der Waals surface area contributed by atoms with Crippen molar-refractivity contribution >= 4 is 27.1 Å². The maximum absolute atomic E-state index is 13.7. The van der Waals surface area contributed by atoms with Crippen LogP contribution >= 0.6 is 0 Å². The van der Waals surface area contributed by atoms with Crippen LogP contribution in [0.2, 0.25) is 0 Å². The van der Waals surface area contributed by atoms with Crippen LogP contribution in [-0.4, -0.2) is 78.1 Å². The van der Waals surface area contributed by atoms with Crippen molar-refractivity contribution in [2.24, 2.45) is 5.92 Å². The van der Waals surface area contributed by atoms with Crippen LogP contribution in [0.15, 0.2) is 30.3 Å². The van der Waals surface area contributed by atoms with Crippen molar-refractivity contribution in [1.29, 1.82) is 0 Å². The SMILES string of the molecule is CN(C)S(=O)(=O)NC(=O)c1cc(OCC2CCN(C3CC3)CC2)c2c(C3CCC3)nn(-c3ccc(F)cc3)c2n1. The molecule has 40 heavy (non-hydrogen) atoms. The van der Waals surface area contributed by atoms with Gasteiger partial charge in [-0.3, -0.25) is 4.79 Å². The highest BCUT2D eigenvalue weighted by molar-refractivity contribution is 7.87. The van der Waals surface area contributed by atoms with Gasteiger partial charge in [-0.15, -0.1) is 0 Å². The molecule has 2 aliphatic carbocycles. The number of piperidine rings is 1. The highest BCUT2D eigenvalue weighted by Gasteiger charge is 2.33. The number of nitrogens with one attached hydrogen (secondary N) is 1. The van der Waals surface area contributed by atoms with E-state index in [0.29, 0.717) is 29.6 Å². The van der Waals surface area contributed by atoms with Crippen molar-refractivity contribution in [3.63, 3.8) is 0 Å². The van der Waals surface area contributed by atoms with Crippen molar-refractivity contribution in [3.8, 4) is 11.4 Å². The highest BCUT2D eigenvalue weighted by Crippen LogP contribution is 2.43. The van der Waals surface area contributed by atoms with Crippen LogP contribution in [0.5, 0.6) is 5.75 Å². The Morgan fingerprint density at radius 3 is 2.40 bits per heavy atom. The molecule has 1 aliphatic heterocycles. The molecule has 3 fully saturated rings. The molecule has 6 rings (SSSR count). The number of ether oxygens (including phenoxy) is 1. The second-order valence-electron chi connectivity index (χ2n) is 11.3. The minimum absolute atomic E-state index is 0.0973. The molecule has 3 aliphatic rings. The molecule has 0 atom stereocenters. The van der Waals surface area contributed by atoms with E-state index in [9.17, 15) is 17.6 Å². The Hall–Kier alpha value is -3.09. The number of carbonyl (C=O) groups excluding carboxylic acids is 1. The van der Waals surface area contributed by atoms with Crippen LogP contribution in [0.25, 0.3) is 16.7 Å². The molecule has 2 aromatic heterocycles. The molecule has 0 spiro atoms. The summed E-state index contributed by atoms with van der Waals surface area (Å²) >= 11 is 0. The maximum atomic E-state index is 13.7. The molecule has 3 heterocycles. The first-order chi connectivity index (χ1) is 19.2. The normalized spacial score (nSPS) is 19.2. The van der Waals surface area contributed by atoms with Gasteiger partial charge in [0, 0.05) is 32.1 Å². The number of amides is 1. The summed E-state index contributed by atoms with van der Waals surface area (Å²) in [6.07, 6.45) is 7.75. The molecule has 214 valence electrons. The van der Waals surface area contributed by atoms with E-state index in [4.69, 9.17) is 9.84 Å². The number of likely N-dealkylation sites (tertiary alicyclic amines) is 1. The summed E-state index contributed by atoms with van der Waals surface area (Å²) < 4.78 is 49.6. The van der Waals surface area contributed by atoms with Crippen molar-refractivity contribution in [3.05, 3.63) is 47.5 Å². The molecule has 1 saturated heterocycles. The van der Waals surface area contributed by atoms with E-state index in [1.54, 1.807) is 16.8 Å². The van der Waals surface area contributed by atoms with E-state index in [-0.39, 0.29) is 17.4 Å². The van der Waals surface area contributed by atoms with Crippen molar-refractivity contribution in [2.45, 2.75) is 56.9 Å². The van der Waals surface area contributed by atoms with Crippen LogP contribution in [0.1, 0.15) is 67.0 Å². The Balaban J connectivity index is 1.39. The highest BCUT2D eigenvalue weighted by atomic mass is 32.2. The van der Waals surface area contributed by atoms with E-state index in [1.807, 2.05) is 0 Å². The third-order valence-electron chi connectivity index (χ3n) is 8.31. The van der Waals surface area contributed by atoms with Crippen molar-refractivity contribution in [2.75, 3.05) is 33.8 Å². The van der Waals surface area contributed by atoms with E-state index >= 15 is 0 Å². The summed E-state index contributed by atoms with van der Waals surface area (Å²) in [7, 11) is -1.36. The van der Waals surface area contributed by atoms with E-state index in [0.717, 1.165) is 66.6 Å². The Kier molecular flexibility index (Phi) is 7.26. The Bertz CT molecular complexity index is 1510. The predicted molar refractivity (Wildman–Crippen MR) is 148 cm³/mol. The molecule has 12 heteroatoms. The summed E-state index contributed by atoms with van der Waals surface area (Å²) in [6.45, 7) is 2.62. The van der Waals surface area contributed by atoms with Crippen LogP contribution in [0.4, 0.5) is 4.39 Å². The van der Waals surface area contributed by atoms with E-state index < -0.39 is 16.1 Å². The molecule has 3 aromatic rings. The maximum Gasteiger partial charge on any atom is 0.303 e. The van der Waals surface area contributed by atoms with Gasteiger partial charge in [-0.1, -0.05) is 6.42 Å². The molecule has 1 N–H and O–H groups in total. The first-order valence-corrected chi connectivity index (χ1v) is 15.4. The quantitative estimate of drug-likeness (QED) is 0.419. The summed E-state index contributed by atoms with van der Waals surface area (Å²) in [5.41, 5.74) is 1.70. The zero-order valence-electron chi connectivity index (χ0n) is 22.8. The lowest BCUT2D eigenvalue weighted by Crippen LogP contribution is -2.39. The number of rotatable bonds is 9. The second-order valence-corrected chi connectivity index (χ2v) is 13.2. The summed E-state index contributed by atoms with van der Waals surface area (Å²) in [6, 6.07) is 8.18. The zero-order chi connectivity index (χ0) is 28.0. The van der Waals surface area contributed by atoms with Gasteiger partial charge in [-0.25, -0.2) is 18.8 Å². The minimum atomic E-state index is -4.03. The second kappa shape index (κ2) is 10.7. The topological polar surface area (TPSA) is 110 Å². The first-order valence-electron chi connectivity index (χ1n) is 14.0. The Morgan fingerprint density at radius 2 is 1.80 bits per heavy atom. The Labute approximate surface area is 233 Å². The molecule has 0 radical (unpaired) electrons. The average molecular weight is 571 g/mol. The fourth-order valence-electron chi connectivity index (χ4n) is 5.46. The van der Waals surface area contributed by atoms with E-state index in [1.165, 1.54) is 45.1 Å². The molecule has 1 amide bonds. The van der Waals surface area contributed by atoms with Gasteiger partial charge in [0.05, 0.1) is 23.4 Å². The number of hydrogen-bond donors (Lipinski definition) is 1. The number of halogens is 1.